The van der Waals surface area contributed by atoms with Crippen molar-refractivity contribution in [1.29, 1.82) is 0 Å². The van der Waals surface area contributed by atoms with Crippen LogP contribution in [0.15, 0.2) is 16.6 Å². The Morgan fingerprint density at radius 1 is 1.29 bits per heavy atom. The summed E-state index contributed by atoms with van der Waals surface area (Å²) >= 11 is 2.79. The minimum atomic E-state index is -0.882. The van der Waals surface area contributed by atoms with Gasteiger partial charge in [0.15, 0.2) is 5.78 Å². The predicted molar refractivity (Wildman–Crippen MR) is 59.6 cm³/mol. The summed E-state index contributed by atoms with van der Waals surface area (Å²) in [5.74, 6) is -3.22. The normalized spacial score (nSPS) is 10.1. The highest BCUT2D eigenvalue weighted by Crippen LogP contribution is 2.20. The summed E-state index contributed by atoms with van der Waals surface area (Å²) in [6.45, 7) is 1.71. The molecule has 0 unspecified atom stereocenters. The molecule has 0 fully saturated rings. The van der Waals surface area contributed by atoms with Crippen molar-refractivity contribution in [3.63, 3.8) is 0 Å². The van der Waals surface area contributed by atoms with Crippen molar-refractivity contribution in [3.05, 3.63) is 33.8 Å². The van der Waals surface area contributed by atoms with E-state index < -0.39 is 35.4 Å². The Morgan fingerprint density at radius 2 is 1.94 bits per heavy atom. The van der Waals surface area contributed by atoms with Crippen LogP contribution in [0.1, 0.15) is 23.7 Å². The highest BCUT2D eigenvalue weighted by Gasteiger charge is 2.18. The lowest BCUT2D eigenvalue weighted by atomic mass is 10.1. The van der Waals surface area contributed by atoms with Crippen LogP contribution in [0.25, 0.3) is 0 Å². The first-order valence-corrected chi connectivity index (χ1v) is 5.58. The number of hydrogen-bond acceptors (Lipinski definition) is 3. The maximum Gasteiger partial charge on any atom is 0.313 e. The number of ketones is 1. The first-order valence-electron chi connectivity index (χ1n) is 4.79. The van der Waals surface area contributed by atoms with Gasteiger partial charge in [-0.05, 0) is 35.0 Å². The van der Waals surface area contributed by atoms with Gasteiger partial charge >= 0.3 is 5.97 Å². The molecular weight excluding hydrogens is 298 g/mol. The lowest BCUT2D eigenvalue weighted by molar-refractivity contribution is -0.141. The first kappa shape index (κ1) is 13.8. The largest absolute Gasteiger partial charge is 0.466 e. The quantitative estimate of drug-likeness (QED) is 0.372. The fourth-order valence-electron chi connectivity index (χ4n) is 1.17. The maximum atomic E-state index is 13.3. The van der Waals surface area contributed by atoms with Crippen LogP contribution in [0.3, 0.4) is 0 Å². The maximum absolute atomic E-state index is 13.3. The smallest absolute Gasteiger partial charge is 0.313 e. The third kappa shape index (κ3) is 3.59. The van der Waals surface area contributed by atoms with Gasteiger partial charge in [-0.25, -0.2) is 8.78 Å². The molecule has 0 aliphatic carbocycles. The molecule has 0 amide bonds. The standard InChI is InChI=1S/C11H9BrF2O3/c1-2-17-11(16)5-10(15)6-3-9(14)7(12)4-8(6)13/h3-4H,2,5H2,1H3. The van der Waals surface area contributed by atoms with Crippen molar-refractivity contribution in [2.45, 2.75) is 13.3 Å². The Morgan fingerprint density at radius 3 is 2.53 bits per heavy atom. The minimum absolute atomic E-state index is 0.0808. The Hall–Kier alpha value is -1.30. The molecule has 17 heavy (non-hydrogen) atoms. The van der Waals surface area contributed by atoms with Gasteiger partial charge in [-0.2, -0.15) is 0 Å². The van der Waals surface area contributed by atoms with Crippen LogP contribution < -0.4 is 0 Å². The average Bonchev–Trinajstić information content (AvgIpc) is 2.23. The zero-order chi connectivity index (χ0) is 13.0. The molecule has 0 aliphatic rings. The number of esters is 1. The van der Waals surface area contributed by atoms with Crippen LogP contribution in [-0.2, 0) is 9.53 Å². The average molecular weight is 307 g/mol. The monoisotopic (exact) mass is 306 g/mol. The van der Waals surface area contributed by atoms with Crippen molar-refractivity contribution in [2.24, 2.45) is 0 Å². The summed E-state index contributed by atoms with van der Waals surface area (Å²) in [7, 11) is 0. The molecule has 0 spiro atoms. The lowest BCUT2D eigenvalue weighted by Gasteiger charge is -2.04. The van der Waals surface area contributed by atoms with Gasteiger partial charge in [-0.15, -0.1) is 0 Å². The zero-order valence-electron chi connectivity index (χ0n) is 8.93. The van der Waals surface area contributed by atoms with Crippen molar-refractivity contribution in [1.82, 2.24) is 0 Å². The second kappa shape index (κ2) is 5.86. The molecule has 0 aromatic heterocycles. The minimum Gasteiger partial charge on any atom is -0.466 e. The highest BCUT2D eigenvalue weighted by atomic mass is 79.9. The zero-order valence-corrected chi connectivity index (χ0v) is 10.5. The predicted octanol–water partition coefficient (Wildman–Crippen LogP) is 2.86. The molecule has 0 N–H and O–H groups in total. The Balaban J connectivity index is 2.89. The molecule has 0 bridgehead atoms. The Bertz CT molecular complexity index is 460. The van der Waals surface area contributed by atoms with Gasteiger partial charge < -0.3 is 4.74 Å². The molecule has 0 radical (unpaired) electrons. The molecule has 0 saturated heterocycles. The third-order valence-electron chi connectivity index (χ3n) is 1.92. The molecule has 0 aliphatic heterocycles. The number of Topliss-reactive ketones (excluding diaryl/α,β-unsaturated/α-hetero) is 1. The number of halogens is 3. The van der Waals surface area contributed by atoms with Crippen molar-refractivity contribution < 1.29 is 23.1 Å². The van der Waals surface area contributed by atoms with E-state index in [1.165, 1.54) is 0 Å². The molecular formula is C11H9BrF2O3. The molecule has 0 saturated carbocycles. The van der Waals surface area contributed by atoms with E-state index in [0.29, 0.717) is 0 Å². The summed E-state index contributed by atoms with van der Waals surface area (Å²) in [6, 6.07) is 1.59. The van der Waals surface area contributed by atoms with Crippen molar-refractivity contribution in [3.8, 4) is 0 Å². The van der Waals surface area contributed by atoms with Crippen LogP contribution in [0, 0.1) is 11.6 Å². The SMILES string of the molecule is CCOC(=O)CC(=O)c1cc(F)c(Br)cc1F. The van der Waals surface area contributed by atoms with E-state index in [9.17, 15) is 18.4 Å². The van der Waals surface area contributed by atoms with Crippen molar-refractivity contribution >= 4 is 27.7 Å². The number of rotatable bonds is 4. The van der Waals surface area contributed by atoms with Gasteiger partial charge in [0.2, 0.25) is 0 Å². The number of benzene rings is 1. The van der Waals surface area contributed by atoms with E-state index in [0.717, 1.165) is 12.1 Å². The van der Waals surface area contributed by atoms with Gasteiger partial charge in [0.1, 0.15) is 18.1 Å². The van der Waals surface area contributed by atoms with E-state index in [4.69, 9.17) is 0 Å². The number of hydrogen-bond donors (Lipinski definition) is 0. The van der Waals surface area contributed by atoms with E-state index in [1.54, 1.807) is 6.92 Å². The molecule has 92 valence electrons. The summed E-state index contributed by atoms with van der Waals surface area (Å²) in [5, 5.41) is 0. The van der Waals surface area contributed by atoms with Gasteiger partial charge in [0.25, 0.3) is 0 Å². The molecule has 3 nitrogen and oxygen atoms in total. The van der Waals surface area contributed by atoms with Crippen LogP contribution in [0.2, 0.25) is 0 Å². The lowest BCUT2D eigenvalue weighted by Crippen LogP contribution is -2.13. The van der Waals surface area contributed by atoms with Crippen LogP contribution >= 0.6 is 15.9 Å². The summed E-state index contributed by atoms with van der Waals surface area (Å²) in [5.41, 5.74) is -0.459. The summed E-state index contributed by atoms with van der Waals surface area (Å²) < 4.78 is 30.9. The van der Waals surface area contributed by atoms with Gasteiger partial charge in [0, 0.05) is 0 Å². The van der Waals surface area contributed by atoms with Crippen LogP contribution in [-0.4, -0.2) is 18.4 Å². The van der Waals surface area contributed by atoms with E-state index >= 15 is 0 Å². The van der Waals surface area contributed by atoms with E-state index in [1.807, 2.05) is 0 Å². The highest BCUT2D eigenvalue weighted by molar-refractivity contribution is 9.10. The third-order valence-corrected chi connectivity index (χ3v) is 2.53. The number of carbonyl (C=O) groups excluding carboxylic acids is 2. The second-order valence-corrected chi connectivity index (χ2v) is 4.01. The Kier molecular flexibility index (Phi) is 4.74. The summed E-state index contributed by atoms with van der Waals surface area (Å²) in [6.07, 6.45) is -0.605. The van der Waals surface area contributed by atoms with Crippen molar-refractivity contribution in [2.75, 3.05) is 6.61 Å². The molecule has 1 rings (SSSR count). The fourth-order valence-corrected chi connectivity index (χ4v) is 1.49. The molecule has 6 heteroatoms. The topological polar surface area (TPSA) is 43.4 Å². The molecule has 0 atom stereocenters. The van der Waals surface area contributed by atoms with Gasteiger partial charge in [-0.1, -0.05) is 0 Å². The molecule has 0 heterocycles. The van der Waals surface area contributed by atoms with E-state index in [-0.39, 0.29) is 11.1 Å². The van der Waals surface area contributed by atoms with Crippen LogP contribution in [0.5, 0.6) is 0 Å². The van der Waals surface area contributed by atoms with Crippen LogP contribution in [0.4, 0.5) is 8.78 Å². The number of ether oxygens (including phenoxy) is 1. The van der Waals surface area contributed by atoms with Gasteiger partial charge in [-0.3, -0.25) is 9.59 Å². The summed E-state index contributed by atoms with van der Waals surface area (Å²) in [4.78, 5) is 22.5. The fraction of sp³-hybridized carbons (Fsp3) is 0.273. The molecule has 1 aromatic rings. The Labute approximate surface area is 105 Å². The van der Waals surface area contributed by atoms with E-state index in [2.05, 4.69) is 20.7 Å². The second-order valence-electron chi connectivity index (χ2n) is 3.15. The van der Waals surface area contributed by atoms with Gasteiger partial charge in [0.05, 0.1) is 16.6 Å². The first-order chi connectivity index (χ1) is 7.95. The molecule has 1 aromatic carbocycles. The number of carbonyl (C=O) groups is 2.